The number of thioether (sulfide) groups is 1. The Morgan fingerprint density at radius 1 is 1.25 bits per heavy atom. The normalized spacial score (nSPS) is 15.2. The van der Waals surface area contributed by atoms with Gasteiger partial charge < -0.3 is 9.47 Å². The van der Waals surface area contributed by atoms with Crippen LogP contribution in [0.15, 0.2) is 60.0 Å². The summed E-state index contributed by atoms with van der Waals surface area (Å²) in [4.78, 5) is 15.1. The van der Waals surface area contributed by atoms with Gasteiger partial charge in [-0.2, -0.15) is 0 Å². The molecule has 1 aliphatic heterocycles. The molecule has 0 atom stereocenters. The number of hydrogen-bond acceptors (Lipinski definition) is 5. The zero-order valence-corrected chi connectivity index (χ0v) is 17.4. The SMILES string of the molecule is C=CCc1cc(/C=C2/SC(=S)N(c3ccccc3)C2=O)cc(OCC)c1OC. The summed E-state index contributed by atoms with van der Waals surface area (Å²) in [5.74, 6) is 1.21. The number of hydrogen-bond donors (Lipinski definition) is 0. The highest BCUT2D eigenvalue weighted by molar-refractivity contribution is 8.27. The van der Waals surface area contributed by atoms with Crippen LogP contribution in [0.25, 0.3) is 6.08 Å². The van der Waals surface area contributed by atoms with Crippen molar-refractivity contribution in [3.63, 3.8) is 0 Å². The van der Waals surface area contributed by atoms with Crippen molar-refractivity contribution in [2.45, 2.75) is 13.3 Å². The third kappa shape index (κ3) is 4.13. The predicted molar refractivity (Wildman–Crippen MR) is 120 cm³/mol. The molecule has 4 nitrogen and oxygen atoms in total. The number of amides is 1. The van der Waals surface area contributed by atoms with E-state index in [1.54, 1.807) is 12.0 Å². The van der Waals surface area contributed by atoms with Crippen LogP contribution in [0.4, 0.5) is 5.69 Å². The van der Waals surface area contributed by atoms with E-state index in [4.69, 9.17) is 21.7 Å². The second-order valence-electron chi connectivity index (χ2n) is 5.99. The summed E-state index contributed by atoms with van der Waals surface area (Å²) in [7, 11) is 1.62. The number of rotatable bonds is 7. The molecule has 1 fully saturated rings. The highest BCUT2D eigenvalue weighted by Crippen LogP contribution is 2.38. The second-order valence-corrected chi connectivity index (χ2v) is 7.67. The van der Waals surface area contributed by atoms with Crippen LogP contribution in [0, 0.1) is 0 Å². The van der Waals surface area contributed by atoms with E-state index in [1.807, 2.05) is 61.5 Å². The van der Waals surface area contributed by atoms with Crippen LogP contribution in [0.2, 0.25) is 0 Å². The first-order chi connectivity index (χ1) is 13.6. The van der Waals surface area contributed by atoms with Gasteiger partial charge in [-0.15, -0.1) is 6.58 Å². The highest BCUT2D eigenvalue weighted by atomic mass is 32.2. The van der Waals surface area contributed by atoms with E-state index < -0.39 is 0 Å². The third-order valence-electron chi connectivity index (χ3n) is 4.13. The monoisotopic (exact) mass is 411 g/mol. The topological polar surface area (TPSA) is 38.8 Å². The van der Waals surface area contributed by atoms with Crippen molar-refractivity contribution in [3.8, 4) is 11.5 Å². The number of ether oxygens (including phenoxy) is 2. The predicted octanol–water partition coefficient (Wildman–Crippen LogP) is 5.23. The fourth-order valence-corrected chi connectivity index (χ4v) is 4.29. The van der Waals surface area contributed by atoms with E-state index in [1.165, 1.54) is 11.8 Å². The molecule has 0 aromatic heterocycles. The Hall–Kier alpha value is -2.57. The van der Waals surface area contributed by atoms with E-state index in [0.29, 0.717) is 33.8 Å². The lowest BCUT2D eigenvalue weighted by atomic mass is 10.0. The minimum absolute atomic E-state index is 0.125. The molecule has 0 saturated carbocycles. The van der Waals surface area contributed by atoms with E-state index in [9.17, 15) is 4.79 Å². The first-order valence-electron chi connectivity index (χ1n) is 8.86. The number of allylic oxidation sites excluding steroid dienone is 1. The van der Waals surface area contributed by atoms with E-state index >= 15 is 0 Å². The summed E-state index contributed by atoms with van der Waals surface area (Å²) in [6.45, 7) is 6.25. The Balaban J connectivity index is 2.00. The second kappa shape index (κ2) is 9.08. The van der Waals surface area contributed by atoms with Gasteiger partial charge in [-0.25, -0.2) is 0 Å². The number of carbonyl (C=O) groups is 1. The molecule has 0 spiro atoms. The number of methoxy groups -OCH3 is 1. The molecule has 1 amide bonds. The smallest absolute Gasteiger partial charge is 0.270 e. The Morgan fingerprint density at radius 3 is 2.64 bits per heavy atom. The molecule has 0 radical (unpaired) electrons. The summed E-state index contributed by atoms with van der Waals surface area (Å²) >= 11 is 6.73. The number of nitrogens with zero attached hydrogens (tertiary/aromatic N) is 1. The quantitative estimate of drug-likeness (QED) is 0.354. The van der Waals surface area contributed by atoms with Crippen molar-refractivity contribution >= 4 is 46.0 Å². The lowest BCUT2D eigenvalue weighted by Gasteiger charge is -2.15. The number of benzene rings is 2. The first kappa shape index (κ1) is 20.2. The number of para-hydroxylation sites is 1. The largest absolute Gasteiger partial charge is 0.493 e. The van der Waals surface area contributed by atoms with Crippen LogP contribution in [0.5, 0.6) is 11.5 Å². The van der Waals surface area contributed by atoms with Gasteiger partial charge in [0, 0.05) is 5.56 Å². The lowest BCUT2D eigenvalue weighted by molar-refractivity contribution is -0.113. The van der Waals surface area contributed by atoms with Gasteiger partial charge in [0.2, 0.25) is 0 Å². The molecular formula is C22H21NO3S2. The van der Waals surface area contributed by atoms with Crippen molar-refractivity contribution in [2.24, 2.45) is 0 Å². The van der Waals surface area contributed by atoms with Crippen molar-refractivity contribution in [1.82, 2.24) is 0 Å². The van der Waals surface area contributed by atoms with Gasteiger partial charge in [0.1, 0.15) is 0 Å². The molecular weight excluding hydrogens is 390 g/mol. The van der Waals surface area contributed by atoms with Crippen molar-refractivity contribution in [1.29, 1.82) is 0 Å². The molecule has 6 heteroatoms. The zero-order chi connectivity index (χ0) is 20.1. The summed E-state index contributed by atoms with van der Waals surface area (Å²) in [5.41, 5.74) is 2.58. The first-order valence-corrected chi connectivity index (χ1v) is 10.1. The standard InChI is InChI=1S/C22H21NO3S2/c1-4-9-16-12-15(13-18(26-5-2)20(16)25-3)14-19-21(24)23(22(27)28-19)17-10-7-6-8-11-17/h4,6-8,10-14H,1,5,9H2,2-3H3/b19-14+. The van der Waals surface area contributed by atoms with Gasteiger partial charge in [0.25, 0.3) is 5.91 Å². The molecule has 28 heavy (non-hydrogen) atoms. The zero-order valence-electron chi connectivity index (χ0n) is 15.8. The molecule has 144 valence electrons. The van der Waals surface area contributed by atoms with E-state index in [0.717, 1.165) is 16.8 Å². The van der Waals surface area contributed by atoms with Crippen molar-refractivity contribution < 1.29 is 14.3 Å². The summed E-state index contributed by atoms with van der Waals surface area (Å²) in [6.07, 6.45) is 4.29. The fourth-order valence-electron chi connectivity index (χ4n) is 2.99. The maximum Gasteiger partial charge on any atom is 0.270 e. The van der Waals surface area contributed by atoms with Crippen LogP contribution in [0.3, 0.4) is 0 Å². The van der Waals surface area contributed by atoms with Crippen LogP contribution in [-0.4, -0.2) is 23.9 Å². The number of thiocarbonyl (C=S) groups is 1. The molecule has 0 N–H and O–H groups in total. The Labute approximate surface area is 174 Å². The van der Waals surface area contributed by atoms with Crippen LogP contribution < -0.4 is 14.4 Å². The average Bonchev–Trinajstić information content (AvgIpc) is 2.96. The molecule has 2 aromatic carbocycles. The van der Waals surface area contributed by atoms with Crippen molar-refractivity contribution in [3.05, 3.63) is 71.2 Å². The molecule has 1 saturated heterocycles. The summed E-state index contributed by atoms with van der Waals surface area (Å²) < 4.78 is 11.8. The van der Waals surface area contributed by atoms with Gasteiger partial charge >= 0.3 is 0 Å². The summed E-state index contributed by atoms with van der Waals surface area (Å²) in [6, 6.07) is 13.3. The molecule has 1 heterocycles. The van der Waals surface area contributed by atoms with E-state index in [2.05, 4.69) is 6.58 Å². The molecule has 3 rings (SSSR count). The van der Waals surface area contributed by atoms with Crippen LogP contribution >= 0.6 is 24.0 Å². The Bertz CT molecular complexity index is 938. The lowest BCUT2D eigenvalue weighted by Crippen LogP contribution is -2.27. The minimum Gasteiger partial charge on any atom is -0.493 e. The number of carbonyl (C=O) groups excluding carboxylic acids is 1. The Morgan fingerprint density at radius 2 is 2.00 bits per heavy atom. The van der Waals surface area contributed by atoms with Crippen LogP contribution in [-0.2, 0) is 11.2 Å². The minimum atomic E-state index is -0.125. The molecule has 0 bridgehead atoms. The van der Waals surface area contributed by atoms with E-state index in [-0.39, 0.29) is 5.91 Å². The fraction of sp³-hybridized carbons (Fsp3) is 0.182. The maximum atomic E-state index is 12.9. The summed E-state index contributed by atoms with van der Waals surface area (Å²) in [5, 5.41) is 0. The third-order valence-corrected chi connectivity index (χ3v) is 5.43. The maximum absolute atomic E-state index is 12.9. The average molecular weight is 412 g/mol. The molecule has 0 unspecified atom stereocenters. The molecule has 2 aromatic rings. The van der Waals surface area contributed by atoms with Gasteiger partial charge in [-0.1, -0.05) is 48.3 Å². The van der Waals surface area contributed by atoms with Gasteiger partial charge in [-0.3, -0.25) is 9.69 Å². The van der Waals surface area contributed by atoms with Crippen molar-refractivity contribution in [2.75, 3.05) is 18.6 Å². The van der Waals surface area contributed by atoms with Gasteiger partial charge in [-0.05, 0) is 49.2 Å². The highest BCUT2D eigenvalue weighted by Gasteiger charge is 2.33. The van der Waals surface area contributed by atoms with Gasteiger partial charge in [0.15, 0.2) is 15.8 Å². The number of anilines is 1. The van der Waals surface area contributed by atoms with Crippen LogP contribution in [0.1, 0.15) is 18.1 Å². The Kier molecular flexibility index (Phi) is 6.54. The van der Waals surface area contributed by atoms with Gasteiger partial charge in [0.05, 0.1) is 24.3 Å². The molecule has 1 aliphatic rings. The molecule has 0 aliphatic carbocycles.